The maximum atomic E-state index is 13.8. The molecule has 7 heteroatoms. The van der Waals surface area contributed by atoms with Gasteiger partial charge in [0.1, 0.15) is 19.3 Å². The third kappa shape index (κ3) is 3.56. The van der Waals surface area contributed by atoms with Gasteiger partial charge in [-0.15, -0.1) is 0 Å². The van der Waals surface area contributed by atoms with Crippen LogP contribution < -0.4 is 14.8 Å². The molecule has 0 bridgehead atoms. The lowest BCUT2D eigenvalue weighted by molar-refractivity contribution is 0.171. The van der Waals surface area contributed by atoms with E-state index in [-0.39, 0.29) is 12.1 Å². The minimum Gasteiger partial charge on any atom is -0.486 e. The topological polar surface area (TPSA) is 55.7 Å². The Morgan fingerprint density at radius 3 is 2.59 bits per heavy atom. The molecular weight excluding hydrogens is 450 g/mol. The number of nitrogens with zero attached hydrogens (tertiary/aromatic N) is 2. The molecule has 2 aliphatic rings. The maximum Gasteiger partial charge on any atom is 0.322 e. The molecular formula is C27H22ClN3O3. The third-order valence-electron chi connectivity index (χ3n) is 6.22. The number of rotatable bonds is 2. The number of para-hydroxylation sites is 1. The summed E-state index contributed by atoms with van der Waals surface area (Å²) >= 11 is 6.67. The van der Waals surface area contributed by atoms with Crippen LogP contribution in [-0.2, 0) is 6.54 Å². The van der Waals surface area contributed by atoms with Gasteiger partial charge in [0.15, 0.2) is 11.5 Å². The number of carbonyl (C=O) groups is 1. The number of halogens is 1. The molecule has 0 fully saturated rings. The van der Waals surface area contributed by atoms with Crippen LogP contribution in [0.25, 0.3) is 5.69 Å². The van der Waals surface area contributed by atoms with Gasteiger partial charge in [0.05, 0.1) is 17.9 Å². The predicted octanol–water partition coefficient (Wildman–Crippen LogP) is 6.04. The smallest absolute Gasteiger partial charge is 0.322 e. The Morgan fingerprint density at radius 2 is 1.71 bits per heavy atom. The minimum atomic E-state index is -0.381. The molecule has 170 valence electrons. The lowest BCUT2D eigenvalue weighted by Gasteiger charge is -2.31. The minimum absolute atomic E-state index is 0.231. The van der Waals surface area contributed by atoms with Gasteiger partial charge in [0.25, 0.3) is 0 Å². The zero-order valence-corrected chi connectivity index (χ0v) is 19.0. The summed E-state index contributed by atoms with van der Waals surface area (Å²) in [6.45, 7) is 1.42. The first-order valence-electron chi connectivity index (χ1n) is 11.2. The summed E-state index contributed by atoms with van der Waals surface area (Å²) in [6.07, 6.45) is 2.03. The number of carbonyl (C=O) groups excluding carboxylic acids is 1. The summed E-state index contributed by atoms with van der Waals surface area (Å²) in [5.41, 5.74) is 4.57. The first-order valence-corrected chi connectivity index (χ1v) is 11.5. The fraction of sp³-hybridized carbons (Fsp3) is 0.148. The zero-order valence-electron chi connectivity index (χ0n) is 18.3. The lowest BCUT2D eigenvalue weighted by atomic mass is 10.0. The number of hydrogen-bond acceptors (Lipinski definition) is 3. The highest BCUT2D eigenvalue weighted by Gasteiger charge is 2.34. The van der Waals surface area contributed by atoms with Crippen LogP contribution >= 0.6 is 11.6 Å². The summed E-state index contributed by atoms with van der Waals surface area (Å²) in [5.74, 6) is 1.31. The molecule has 0 aliphatic carbocycles. The summed E-state index contributed by atoms with van der Waals surface area (Å²) in [5, 5.41) is 3.68. The highest BCUT2D eigenvalue weighted by atomic mass is 35.5. The molecule has 1 N–H and O–H groups in total. The van der Waals surface area contributed by atoms with Crippen LogP contribution in [0.2, 0.25) is 5.02 Å². The number of aromatic nitrogens is 1. The van der Waals surface area contributed by atoms with Gasteiger partial charge in [-0.05, 0) is 47.5 Å². The van der Waals surface area contributed by atoms with Gasteiger partial charge in [-0.25, -0.2) is 4.79 Å². The average Bonchev–Trinajstić information content (AvgIpc) is 3.29. The average molecular weight is 472 g/mol. The highest BCUT2D eigenvalue weighted by molar-refractivity contribution is 6.31. The Morgan fingerprint density at radius 1 is 0.912 bits per heavy atom. The lowest BCUT2D eigenvalue weighted by Crippen LogP contribution is -2.38. The van der Waals surface area contributed by atoms with E-state index in [0.29, 0.717) is 42.0 Å². The number of benzene rings is 3. The molecule has 0 radical (unpaired) electrons. The van der Waals surface area contributed by atoms with Gasteiger partial charge in [-0.2, -0.15) is 0 Å². The van der Waals surface area contributed by atoms with Crippen molar-refractivity contribution in [1.82, 2.24) is 9.47 Å². The van der Waals surface area contributed by atoms with Gasteiger partial charge in [0, 0.05) is 23.0 Å². The van der Waals surface area contributed by atoms with E-state index in [2.05, 4.69) is 22.0 Å². The van der Waals surface area contributed by atoms with Crippen molar-refractivity contribution in [3.8, 4) is 17.2 Å². The van der Waals surface area contributed by atoms with Crippen LogP contribution in [0.1, 0.15) is 22.9 Å². The van der Waals surface area contributed by atoms with Gasteiger partial charge in [0.2, 0.25) is 0 Å². The number of nitrogens with one attached hydrogen (secondary N) is 1. The van der Waals surface area contributed by atoms with E-state index >= 15 is 0 Å². The molecule has 0 spiro atoms. The second kappa shape index (κ2) is 8.47. The molecule has 3 heterocycles. The van der Waals surface area contributed by atoms with E-state index in [9.17, 15) is 4.79 Å². The Labute approximate surface area is 202 Å². The number of amides is 2. The van der Waals surface area contributed by atoms with Crippen LogP contribution in [0.5, 0.6) is 11.5 Å². The second-order valence-corrected chi connectivity index (χ2v) is 8.68. The predicted molar refractivity (Wildman–Crippen MR) is 131 cm³/mol. The van der Waals surface area contributed by atoms with Crippen molar-refractivity contribution >= 4 is 23.3 Å². The summed E-state index contributed by atoms with van der Waals surface area (Å²) < 4.78 is 13.4. The standard InChI is InChI=1S/C27H22ClN3O3/c28-21-8-3-2-7-20(21)26-23-10-5-13-30(23)22-9-4-1-6-18(22)17-31(26)27(32)29-19-11-12-24-25(16-19)34-15-14-33-24/h1-13,16,26H,14-15,17H2,(H,29,32). The molecule has 1 atom stereocenters. The fourth-order valence-electron chi connectivity index (χ4n) is 4.68. The maximum absolute atomic E-state index is 13.8. The van der Waals surface area contributed by atoms with E-state index in [1.165, 1.54) is 0 Å². The third-order valence-corrected chi connectivity index (χ3v) is 6.56. The van der Waals surface area contributed by atoms with Crippen molar-refractivity contribution in [1.29, 1.82) is 0 Å². The van der Waals surface area contributed by atoms with E-state index in [1.807, 2.05) is 71.8 Å². The van der Waals surface area contributed by atoms with Crippen LogP contribution in [0.3, 0.4) is 0 Å². The van der Waals surface area contributed by atoms with Crippen LogP contribution in [0, 0.1) is 0 Å². The van der Waals surface area contributed by atoms with Crippen molar-refractivity contribution in [2.75, 3.05) is 18.5 Å². The number of anilines is 1. The quantitative estimate of drug-likeness (QED) is 0.388. The van der Waals surface area contributed by atoms with E-state index < -0.39 is 0 Å². The second-order valence-electron chi connectivity index (χ2n) is 8.27. The molecule has 2 amide bonds. The molecule has 0 saturated heterocycles. The Kier molecular flexibility index (Phi) is 5.15. The van der Waals surface area contributed by atoms with E-state index in [4.69, 9.17) is 21.1 Å². The molecule has 0 saturated carbocycles. The molecule has 34 heavy (non-hydrogen) atoms. The van der Waals surface area contributed by atoms with E-state index in [0.717, 1.165) is 22.5 Å². The first-order chi connectivity index (χ1) is 16.7. The SMILES string of the molecule is O=C(Nc1ccc2c(c1)OCCO2)N1Cc2ccccc2-n2cccc2C1c1ccccc1Cl. The molecule has 1 unspecified atom stereocenters. The fourth-order valence-corrected chi connectivity index (χ4v) is 4.92. The van der Waals surface area contributed by atoms with Gasteiger partial charge in [-0.1, -0.05) is 48.0 Å². The summed E-state index contributed by atoms with van der Waals surface area (Å²) in [6, 6.07) is 24.7. The summed E-state index contributed by atoms with van der Waals surface area (Å²) in [7, 11) is 0. The van der Waals surface area contributed by atoms with Crippen molar-refractivity contribution in [2.45, 2.75) is 12.6 Å². The normalized spacial score (nSPS) is 16.3. The summed E-state index contributed by atoms with van der Waals surface area (Å²) in [4.78, 5) is 15.6. The van der Waals surface area contributed by atoms with Crippen molar-refractivity contribution in [3.63, 3.8) is 0 Å². The monoisotopic (exact) mass is 471 g/mol. The van der Waals surface area contributed by atoms with Gasteiger partial charge >= 0.3 is 6.03 Å². The molecule has 1 aromatic heterocycles. The Bertz CT molecular complexity index is 1380. The molecule has 3 aromatic carbocycles. The van der Waals surface area contributed by atoms with Crippen LogP contribution in [-0.4, -0.2) is 28.7 Å². The Balaban J connectivity index is 1.44. The molecule has 2 aliphatic heterocycles. The zero-order chi connectivity index (χ0) is 23.1. The van der Waals surface area contributed by atoms with Crippen molar-refractivity contribution in [2.24, 2.45) is 0 Å². The first kappa shape index (κ1) is 20.7. The van der Waals surface area contributed by atoms with Crippen LogP contribution in [0.15, 0.2) is 85.1 Å². The molecule has 4 aromatic rings. The number of fused-ring (bicyclic) bond motifs is 4. The number of ether oxygens (including phenoxy) is 2. The number of urea groups is 1. The van der Waals surface area contributed by atoms with Gasteiger partial charge in [-0.3, -0.25) is 0 Å². The Hall–Kier alpha value is -3.90. The van der Waals surface area contributed by atoms with Crippen molar-refractivity contribution < 1.29 is 14.3 Å². The van der Waals surface area contributed by atoms with E-state index in [1.54, 1.807) is 6.07 Å². The van der Waals surface area contributed by atoms with Gasteiger partial charge < -0.3 is 24.3 Å². The number of hydrogen-bond donors (Lipinski definition) is 1. The molecule has 6 nitrogen and oxygen atoms in total. The van der Waals surface area contributed by atoms with Crippen molar-refractivity contribution in [3.05, 3.63) is 107 Å². The van der Waals surface area contributed by atoms with Crippen LogP contribution in [0.4, 0.5) is 10.5 Å². The largest absolute Gasteiger partial charge is 0.486 e. The highest BCUT2D eigenvalue weighted by Crippen LogP contribution is 2.40. The molecule has 6 rings (SSSR count).